The fraction of sp³-hybridized carbons (Fsp3) is 0.474. The van der Waals surface area contributed by atoms with Crippen LogP contribution in [0.15, 0.2) is 22.7 Å². The summed E-state index contributed by atoms with van der Waals surface area (Å²) in [5, 5.41) is 3.95. The van der Waals surface area contributed by atoms with Gasteiger partial charge in [0.15, 0.2) is 0 Å². The number of nitrogens with zero attached hydrogens (tertiary/aromatic N) is 2. The fourth-order valence-electron chi connectivity index (χ4n) is 3.27. The SMILES string of the molecule is COc1ccc(OC)c(C2CC2C(=O)N(C)Cc2c(C)noc2C)c1. The van der Waals surface area contributed by atoms with E-state index in [-0.39, 0.29) is 17.7 Å². The molecule has 1 amide bonds. The predicted octanol–water partition coefficient (Wildman–Crippen LogP) is 3.07. The van der Waals surface area contributed by atoms with Crippen molar-refractivity contribution < 1.29 is 18.8 Å². The van der Waals surface area contributed by atoms with Gasteiger partial charge >= 0.3 is 0 Å². The normalized spacial score (nSPS) is 18.8. The topological polar surface area (TPSA) is 64.8 Å². The third kappa shape index (κ3) is 3.34. The standard InChI is InChI=1S/C19H24N2O4/c1-11-17(12(2)25-20-11)10-21(3)19(22)16-9-14(16)15-8-13(23-4)6-7-18(15)24-5/h6-8,14,16H,9-10H2,1-5H3. The molecule has 2 atom stereocenters. The molecule has 3 rings (SSSR count). The first kappa shape index (κ1) is 17.3. The molecule has 1 saturated carbocycles. The molecule has 0 radical (unpaired) electrons. The number of carbonyl (C=O) groups is 1. The van der Waals surface area contributed by atoms with E-state index in [9.17, 15) is 4.79 Å². The van der Waals surface area contributed by atoms with Crippen molar-refractivity contribution in [1.29, 1.82) is 0 Å². The van der Waals surface area contributed by atoms with Gasteiger partial charge in [-0.3, -0.25) is 4.79 Å². The maximum atomic E-state index is 12.8. The van der Waals surface area contributed by atoms with Gasteiger partial charge in [0.25, 0.3) is 0 Å². The van der Waals surface area contributed by atoms with Crippen LogP contribution >= 0.6 is 0 Å². The van der Waals surface area contributed by atoms with Gasteiger partial charge in [-0.2, -0.15) is 0 Å². The van der Waals surface area contributed by atoms with E-state index >= 15 is 0 Å². The third-order valence-corrected chi connectivity index (χ3v) is 4.90. The molecule has 1 fully saturated rings. The third-order valence-electron chi connectivity index (χ3n) is 4.90. The number of benzene rings is 1. The molecule has 134 valence electrons. The highest BCUT2D eigenvalue weighted by Gasteiger charge is 2.46. The Kier molecular flexibility index (Phi) is 4.70. The van der Waals surface area contributed by atoms with Crippen LogP contribution in [0.1, 0.15) is 34.9 Å². The lowest BCUT2D eigenvalue weighted by Gasteiger charge is -2.17. The lowest BCUT2D eigenvalue weighted by Crippen LogP contribution is -2.28. The van der Waals surface area contributed by atoms with Gasteiger partial charge in [-0.1, -0.05) is 5.16 Å². The van der Waals surface area contributed by atoms with Crippen molar-refractivity contribution in [3.8, 4) is 11.5 Å². The highest BCUT2D eigenvalue weighted by molar-refractivity contribution is 5.83. The molecule has 0 saturated heterocycles. The van der Waals surface area contributed by atoms with Gasteiger partial charge in [-0.25, -0.2) is 0 Å². The summed E-state index contributed by atoms with van der Waals surface area (Å²) in [7, 11) is 5.11. The Labute approximate surface area is 147 Å². The van der Waals surface area contributed by atoms with Gasteiger partial charge in [0, 0.05) is 30.0 Å². The van der Waals surface area contributed by atoms with Crippen LogP contribution < -0.4 is 9.47 Å². The molecular weight excluding hydrogens is 320 g/mol. The smallest absolute Gasteiger partial charge is 0.226 e. The molecule has 2 aromatic rings. The first-order valence-corrected chi connectivity index (χ1v) is 8.34. The number of hydrogen-bond acceptors (Lipinski definition) is 5. The number of methoxy groups -OCH3 is 2. The van der Waals surface area contributed by atoms with Crippen LogP contribution in [-0.4, -0.2) is 37.2 Å². The van der Waals surface area contributed by atoms with E-state index in [0.717, 1.165) is 40.5 Å². The Morgan fingerprint density at radius 3 is 2.68 bits per heavy atom. The van der Waals surface area contributed by atoms with Crippen molar-refractivity contribution in [1.82, 2.24) is 10.1 Å². The van der Waals surface area contributed by atoms with Gasteiger partial charge in [-0.15, -0.1) is 0 Å². The number of rotatable bonds is 6. The number of hydrogen-bond donors (Lipinski definition) is 0. The summed E-state index contributed by atoms with van der Waals surface area (Å²) < 4.78 is 15.9. The number of carbonyl (C=O) groups excluding carboxylic acids is 1. The summed E-state index contributed by atoms with van der Waals surface area (Å²) in [6, 6.07) is 5.72. The molecule has 0 bridgehead atoms. The molecule has 1 aromatic carbocycles. The average Bonchev–Trinajstić information content (AvgIpc) is 3.36. The Morgan fingerprint density at radius 1 is 1.32 bits per heavy atom. The zero-order valence-electron chi connectivity index (χ0n) is 15.3. The second-order valence-electron chi connectivity index (χ2n) is 6.55. The molecule has 2 unspecified atom stereocenters. The fourth-order valence-corrected chi connectivity index (χ4v) is 3.27. The maximum absolute atomic E-state index is 12.8. The van der Waals surface area contributed by atoms with E-state index in [1.165, 1.54) is 0 Å². The Bertz CT molecular complexity index is 764. The monoisotopic (exact) mass is 344 g/mol. The van der Waals surface area contributed by atoms with Gasteiger partial charge in [0.1, 0.15) is 17.3 Å². The van der Waals surface area contributed by atoms with Crippen LogP contribution in [0.2, 0.25) is 0 Å². The van der Waals surface area contributed by atoms with Crippen LogP contribution in [0, 0.1) is 19.8 Å². The first-order chi connectivity index (χ1) is 12.0. The minimum absolute atomic E-state index is 0.0218. The lowest BCUT2D eigenvalue weighted by molar-refractivity contribution is -0.131. The molecule has 1 aliphatic carbocycles. The highest BCUT2D eigenvalue weighted by Crippen LogP contribution is 2.52. The Hall–Kier alpha value is -2.50. The minimum Gasteiger partial charge on any atom is -0.497 e. The van der Waals surface area contributed by atoms with Crippen LogP contribution in [0.5, 0.6) is 11.5 Å². The largest absolute Gasteiger partial charge is 0.497 e. The van der Waals surface area contributed by atoms with Crippen LogP contribution in [-0.2, 0) is 11.3 Å². The molecule has 0 N–H and O–H groups in total. The summed E-state index contributed by atoms with van der Waals surface area (Å²) in [5.74, 6) is 2.62. The van der Waals surface area contributed by atoms with Crippen molar-refractivity contribution in [2.75, 3.05) is 21.3 Å². The zero-order valence-corrected chi connectivity index (χ0v) is 15.3. The Balaban J connectivity index is 1.72. The molecule has 1 heterocycles. The van der Waals surface area contributed by atoms with E-state index in [0.29, 0.717) is 6.54 Å². The molecule has 6 nitrogen and oxygen atoms in total. The van der Waals surface area contributed by atoms with Crippen molar-refractivity contribution in [2.45, 2.75) is 32.7 Å². The first-order valence-electron chi connectivity index (χ1n) is 8.34. The van der Waals surface area contributed by atoms with Gasteiger partial charge < -0.3 is 18.9 Å². The molecular formula is C19H24N2O4. The summed E-state index contributed by atoms with van der Waals surface area (Å²) in [4.78, 5) is 14.5. The number of aryl methyl sites for hydroxylation is 2. The van der Waals surface area contributed by atoms with Crippen LogP contribution in [0.4, 0.5) is 0 Å². The summed E-state index contributed by atoms with van der Waals surface area (Å²) in [5.41, 5.74) is 2.84. The number of aromatic nitrogens is 1. The van der Waals surface area contributed by atoms with Crippen LogP contribution in [0.3, 0.4) is 0 Å². The minimum atomic E-state index is -0.0218. The second kappa shape index (κ2) is 6.78. The van der Waals surface area contributed by atoms with Crippen molar-refractivity contribution in [3.63, 3.8) is 0 Å². The highest BCUT2D eigenvalue weighted by atomic mass is 16.5. The number of amides is 1. The number of ether oxygens (including phenoxy) is 2. The van der Waals surface area contributed by atoms with Gasteiger partial charge in [0.2, 0.25) is 5.91 Å². The van der Waals surface area contributed by atoms with E-state index in [1.54, 1.807) is 19.1 Å². The molecule has 25 heavy (non-hydrogen) atoms. The van der Waals surface area contributed by atoms with Gasteiger partial charge in [-0.05, 0) is 38.5 Å². The average molecular weight is 344 g/mol. The summed E-state index contributed by atoms with van der Waals surface area (Å²) in [6.45, 7) is 4.28. The van der Waals surface area contributed by atoms with E-state index < -0.39 is 0 Å². The molecule has 1 aliphatic rings. The Morgan fingerprint density at radius 2 is 2.08 bits per heavy atom. The van der Waals surface area contributed by atoms with E-state index in [4.69, 9.17) is 14.0 Å². The quantitative estimate of drug-likeness (QED) is 0.806. The predicted molar refractivity (Wildman–Crippen MR) is 92.8 cm³/mol. The summed E-state index contributed by atoms with van der Waals surface area (Å²) in [6.07, 6.45) is 0.828. The van der Waals surface area contributed by atoms with Crippen molar-refractivity contribution in [3.05, 3.63) is 40.8 Å². The van der Waals surface area contributed by atoms with Crippen molar-refractivity contribution >= 4 is 5.91 Å². The second-order valence-corrected chi connectivity index (χ2v) is 6.55. The van der Waals surface area contributed by atoms with Gasteiger partial charge in [0.05, 0.1) is 26.5 Å². The lowest BCUT2D eigenvalue weighted by atomic mass is 10.1. The molecule has 6 heteroatoms. The molecule has 0 spiro atoms. The van der Waals surface area contributed by atoms with Crippen LogP contribution in [0.25, 0.3) is 0 Å². The zero-order chi connectivity index (χ0) is 18.1. The summed E-state index contributed by atoms with van der Waals surface area (Å²) >= 11 is 0. The molecule has 1 aromatic heterocycles. The maximum Gasteiger partial charge on any atom is 0.226 e. The van der Waals surface area contributed by atoms with E-state index in [1.807, 2.05) is 39.1 Å². The molecule has 0 aliphatic heterocycles. The van der Waals surface area contributed by atoms with Crippen molar-refractivity contribution in [2.24, 2.45) is 5.92 Å². The van der Waals surface area contributed by atoms with E-state index in [2.05, 4.69) is 5.16 Å².